The van der Waals surface area contributed by atoms with Crippen molar-refractivity contribution in [2.75, 3.05) is 0 Å². The van der Waals surface area contributed by atoms with E-state index in [1.165, 1.54) is 18.2 Å². The second-order valence-corrected chi connectivity index (χ2v) is 11.1. The van der Waals surface area contributed by atoms with Gasteiger partial charge < -0.3 is 27.1 Å². The Balaban J connectivity index is 0.00000242. The van der Waals surface area contributed by atoms with Crippen molar-refractivity contribution in [3.8, 4) is 34.5 Å². The molecule has 0 aliphatic rings. The smallest absolute Gasteiger partial charge is 0.386 e. The molecule has 10 heteroatoms. The van der Waals surface area contributed by atoms with Crippen LogP contribution in [0, 0.1) is 0 Å². The second kappa shape index (κ2) is 14.8. The van der Waals surface area contributed by atoms with Crippen LogP contribution in [-0.4, -0.2) is 0 Å². The number of rotatable bonds is 12. The zero-order chi connectivity index (χ0) is 27.7. The van der Waals surface area contributed by atoms with E-state index in [4.69, 9.17) is 27.1 Å². The maximum absolute atomic E-state index is 13.8. The molecule has 0 amide bonds. The SMILES string of the molecule is C.C.O=P(Oc1ccccc1)(Oc1ccccc1)Oc1cccc(OP(=O)(Oc2ccccc2)Oc2ccccc2)c1. The Bertz CT molecular complexity index is 1390. The van der Waals surface area contributed by atoms with Crippen LogP contribution in [0.4, 0.5) is 0 Å². The van der Waals surface area contributed by atoms with Crippen LogP contribution in [0.1, 0.15) is 14.9 Å². The van der Waals surface area contributed by atoms with E-state index in [2.05, 4.69) is 0 Å². The topological polar surface area (TPSA) is 89.5 Å². The van der Waals surface area contributed by atoms with Crippen LogP contribution in [-0.2, 0) is 9.13 Å². The maximum Gasteiger partial charge on any atom is 0.647 e. The van der Waals surface area contributed by atoms with Crippen molar-refractivity contribution in [1.82, 2.24) is 0 Å². The molecule has 5 rings (SSSR count). The molecular weight excluding hydrogens is 574 g/mol. The minimum Gasteiger partial charge on any atom is -0.386 e. The van der Waals surface area contributed by atoms with Gasteiger partial charge in [-0.3, -0.25) is 0 Å². The monoisotopic (exact) mass is 606 g/mol. The third kappa shape index (κ3) is 9.20. The van der Waals surface area contributed by atoms with Gasteiger partial charge in [0.25, 0.3) is 0 Å². The minimum absolute atomic E-state index is 0. The van der Waals surface area contributed by atoms with Gasteiger partial charge >= 0.3 is 15.6 Å². The van der Waals surface area contributed by atoms with Crippen LogP contribution in [0.5, 0.6) is 34.5 Å². The Morgan fingerprint density at radius 3 is 0.786 bits per heavy atom. The molecule has 0 aliphatic heterocycles. The Morgan fingerprint density at radius 2 is 0.524 bits per heavy atom. The summed E-state index contributed by atoms with van der Waals surface area (Å²) in [6.45, 7) is 0. The molecule has 0 atom stereocenters. The molecule has 0 fully saturated rings. The van der Waals surface area contributed by atoms with Gasteiger partial charge in [0.1, 0.15) is 34.5 Å². The van der Waals surface area contributed by atoms with Gasteiger partial charge in [-0.15, -0.1) is 0 Å². The fourth-order valence-electron chi connectivity index (χ4n) is 3.40. The predicted octanol–water partition coefficient (Wildman–Crippen LogP) is 10.2. The Morgan fingerprint density at radius 1 is 0.310 bits per heavy atom. The first kappa shape index (κ1) is 31.9. The molecule has 0 saturated heterocycles. The molecule has 8 nitrogen and oxygen atoms in total. The van der Waals surface area contributed by atoms with E-state index in [-0.39, 0.29) is 49.4 Å². The number of hydrogen-bond acceptors (Lipinski definition) is 8. The van der Waals surface area contributed by atoms with E-state index in [0.717, 1.165) is 0 Å². The fraction of sp³-hybridized carbons (Fsp3) is 0.0625. The van der Waals surface area contributed by atoms with Crippen molar-refractivity contribution in [2.45, 2.75) is 14.9 Å². The predicted molar refractivity (Wildman–Crippen MR) is 165 cm³/mol. The number of phosphoric ester groups is 2. The maximum atomic E-state index is 13.8. The van der Waals surface area contributed by atoms with Crippen LogP contribution in [0.2, 0.25) is 0 Å². The molecule has 0 N–H and O–H groups in total. The summed E-state index contributed by atoms with van der Waals surface area (Å²) in [5.74, 6) is 1.27. The van der Waals surface area contributed by atoms with E-state index in [1.54, 1.807) is 127 Å². The lowest BCUT2D eigenvalue weighted by atomic mass is 10.3. The van der Waals surface area contributed by atoms with Gasteiger partial charge in [-0.1, -0.05) is 93.7 Å². The lowest BCUT2D eigenvalue weighted by Gasteiger charge is -2.21. The normalized spacial score (nSPS) is 10.7. The van der Waals surface area contributed by atoms with Gasteiger partial charge in [-0.2, -0.15) is 9.13 Å². The highest BCUT2D eigenvalue weighted by Crippen LogP contribution is 2.52. The average molecular weight is 607 g/mol. The van der Waals surface area contributed by atoms with Crippen molar-refractivity contribution in [1.29, 1.82) is 0 Å². The standard InChI is InChI=1S/C30H24O8P2.2CH4/c31-39(33-25-14-5-1-6-15-25,34-26-16-7-2-8-17-26)37-29-22-13-23-30(24-29)38-40(32,35-27-18-9-3-10-19-27)36-28-20-11-4-12-21-28;;/h1-24H;2*1H4. The van der Waals surface area contributed by atoms with Gasteiger partial charge in [-0.05, 0) is 60.7 Å². The third-order valence-electron chi connectivity index (χ3n) is 5.08. The molecule has 5 aromatic carbocycles. The van der Waals surface area contributed by atoms with Crippen LogP contribution >= 0.6 is 15.6 Å². The number of para-hydroxylation sites is 4. The van der Waals surface area contributed by atoms with E-state index in [1.807, 2.05) is 0 Å². The largest absolute Gasteiger partial charge is 0.647 e. The van der Waals surface area contributed by atoms with Gasteiger partial charge in [-0.25, -0.2) is 0 Å². The zero-order valence-electron chi connectivity index (χ0n) is 21.0. The Kier molecular flexibility index (Phi) is 11.3. The highest BCUT2D eigenvalue weighted by Gasteiger charge is 2.35. The molecule has 0 aliphatic carbocycles. The first-order valence-electron chi connectivity index (χ1n) is 12.1. The fourth-order valence-corrected chi connectivity index (χ4v) is 5.89. The second-order valence-electron chi connectivity index (χ2n) is 8.17. The summed E-state index contributed by atoms with van der Waals surface area (Å²) in [5.41, 5.74) is 0. The lowest BCUT2D eigenvalue weighted by molar-refractivity contribution is 0.295. The number of phosphoric acid groups is 2. The summed E-state index contributed by atoms with van der Waals surface area (Å²) >= 11 is 0. The first-order valence-corrected chi connectivity index (χ1v) is 15.1. The molecule has 0 heterocycles. The van der Waals surface area contributed by atoms with Gasteiger partial charge in [0, 0.05) is 6.07 Å². The Hall–Kier alpha value is -4.64. The van der Waals surface area contributed by atoms with E-state index < -0.39 is 15.6 Å². The van der Waals surface area contributed by atoms with Crippen molar-refractivity contribution < 1.29 is 36.3 Å². The Labute approximate surface area is 246 Å². The molecular formula is C32H32O8P2. The van der Waals surface area contributed by atoms with Crippen molar-refractivity contribution in [3.63, 3.8) is 0 Å². The van der Waals surface area contributed by atoms with Gasteiger partial charge in [0.15, 0.2) is 0 Å². The van der Waals surface area contributed by atoms with Gasteiger partial charge in [0.05, 0.1) is 0 Å². The van der Waals surface area contributed by atoms with E-state index in [9.17, 15) is 9.13 Å². The molecule has 0 aromatic heterocycles. The molecule has 42 heavy (non-hydrogen) atoms. The molecule has 5 aromatic rings. The molecule has 0 spiro atoms. The van der Waals surface area contributed by atoms with Crippen LogP contribution in [0.25, 0.3) is 0 Å². The number of benzene rings is 5. The van der Waals surface area contributed by atoms with Crippen LogP contribution in [0.15, 0.2) is 146 Å². The molecule has 0 saturated carbocycles. The van der Waals surface area contributed by atoms with Crippen LogP contribution in [0.3, 0.4) is 0 Å². The summed E-state index contributed by atoms with van der Waals surface area (Å²) in [6.07, 6.45) is 0. The van der Waals surface area contributed by atoms with Crippen molar-refractivity contribution in [2.24, 2.45) is 0 Å². The van der Waals surface area contributed by atoms with Crippen molar-refractivity contribution in [3.05, 3.63) is 146 Å². The third-order valence-corrected chi connectivity index (χ3v) is 7.69. The van der Waals surface area contributed by atoms with Gasteiger partial charge in [0.2, 0.25) is 0 Å². The summed E-state index contributed by atoms with van der Waals surface area (Å²) in [4.78, 5) is 0. The molecule has 0 radical (unpaired) electrons. The highest BCUT2D eigenvalue weighted by molar-refractivity contribution is 7.50. The summed E-state index contributed by atoms with van der Waals surface area (Å²) in [6, 6.07) is 40.0. The summed E-state index contributed by atoms with van der Waals surface area (Å²) in [5, 5.41) is 0. The number of hydrogen-bond donors (Lipinski definition) is 0. The average Bonchev–Trinajstić information content (AvgIpc) is 2.95. The zero-order valence-corrected chi connectivity index (χ0v) is 22.8. The summed E-state index contributed by atoms with van der Waals surface area (Å²) < 4.78 is 61.8. The molecule has 218 valence electrons. The van der Waals surface area contributed by atoms with Crippen LogP contribution < -0.4 is 27.1 Å². The van der Waals surface area contributed by atoms with Crippen molar-refractivity contribution >= 4 is 15.6 Å². The van der Waals surface area contributed by atoms with E-state index >= 15 is 0 Å². The highest BCUT2D eigenvalue weighted by atomic mass is 31.2. The quantitative estimate of drug-likeness (QED) is 0.130. The lowest BCUT2D eigenvalue weighted by Crippen LogP contribution is -2.09. The molecule has 0 bridgehead atoms. The minimum atomic E-state index is -4.25. The molecule has 0 unspecified atom stereocenters. The first-order chi connectivity index (χ1) is 19.5. The van der Waals surface area contributed by atoms with E-state index in [0.29, 0.717) is 0 Å². The summed E-state index contributed by atoms with van der Waals surface area (Å²) in [7, 11) is -8.51.